The molecule has 0 fully saturated rings. The third-order valence-electron chi connectivity index (χ3n) is 5.34. The number of phenolic OH excluding ortho intramolecular Hbond substituents is 1. The van der Waals surface area contributed by atoms with Crippen LogP contribution in [0.4, 0.5) is 11.4 Å². The minimum absolute atomic E-state index is 0.0497. The van der Waals surface area contributed by atoms with Gasteiger partial charge >= 0.3 is 0 Å². The summed E-state index contributed by atoms with van der Waals surface area (Å²) in [6.45, 7) is 0.779. The average molecular weight is 477 g/mol. The van der Waals surface area contributed by atoms with Crippen LogP contribution in [0.1, 0.15) is 10.4 Å². The van der Waals surface area contributed by atoms with Crippen LogP contribution >= 0.6 is 0 Å². The molecule has 3 N–H and O–H groups in total. The van der Waals surface area contributed by atoms with E-state index in [9.17, 15) is 18.3 Å². The van der Waals surface area contributed by atoms with E-state index in [1.54, 1.807) is 60.7 Å². The van der Waals surface area contributed by atoms with Gasteiger partial charge in [-0.3, -0.25) is 9.52 Å². The smallest absolute Gasteiger partial charge is 0.262 e. The summed E-state index contributed by atoms with van der Waals surface area (Å²) in [6.07, 6.45) is 0. The Balaban J connectivity index is 1.29. The van der Waals surface area contributed by atoms with Crippen molar-refractivity contribution in [3.63, 3.8) is 0 Å². The van der Waals surface area contributed by atoms with Crippen LogP contribution in [0.3, 0.4) is 0 Å². The molecule has 1 amide bonds. The predicted octanol–water partition coefficient (Wildman–Crippen LogP) is 4.37. The predicted molar refractivity (Wildman–Crippen MR) is 128 cm³/mol. The Morgan fingerprint density at radius 2 is 1.56 bits per heavy atom. The van der Waals surface area contributed by atoms with Crippen molar-refractivity contribution >= 4 is 38.1 Å². The Bertz CT molecular complexity index is 1500. The molecule has 172 valence electrons. The molecule has 0 saturated carbocycles. The minimum Gasteiger partial charge on any atom is -0.507 e. The second-order valence-corrected chi connectivity index (χ2v) is 9.34. The third kappa shape index (κ3) is 4.33. The molecule has 34 heavy (non-hydrogen) atoms. The molecule has 0 radical (unpaired) electrons. The van der Waals surface area contributed by atoms with Crippen LogP contribution in [0.5, 0.6) is 17.2 Å². The topological polar surface area (TPSA) is 114 Å². The summed E-state index contributed by atoms with van der Waals surface area (Å²) in [6, 6.07) is 20.9. The summed E-state index contributed by atoms with van der Waals surface area (Å²) >= 11 is 0. The molecule has 0 aliphatic carbocycles. The van der Waals surface area contributed by atoms with E-state index in [0.717, 1.165) is 5.39 Å². The number of anilines is 2. The van der Waals surface area contributed by atoms with Crippen molar-refractivity contribution in [1.82, 2.24) is 0 Å². The van der Waals surface area contributed by atoms with E-state index in [1.807, 2.05) is 6.07 Å². The zero-order valence-electron chi connectivity index (χ0n) is 17.8. The number of fused-ring (bicyclic) bond motifs is 2. The number of sulfonamides is 1. The number of benzene rings is 4. The summed E-state index contributed by atoms with van der Waals surface area (Å²) in [5, 5.41) is 14.2. The van der Waals surface area contributed by atoms with Gasteiger partial charge in [-0.25, -0.2) is 8.42 Å². The zero-order valence-corrected chi connectivity index (χ0v) is 18.6. The molecule has 0 aromatic heterocycles. The Morgan fingerprint density at radius 1 is 0.824 bits per heavy atom. The molecule has 4 aromatic carbocycles. The van der Waals surface area contributed by atoms with Crippen molar-refractivity contribution in [2.45, 2.75) is 4.90 Å². The number of nitrogens with one attached hydrogen (secondary N) is 2. The maximum Gasteiger partial charge on any atom is 0.262 e. The van der Waals surface area contributed by atoms with Crippen LogP contribution in [0, 0.1) is 0 Å². The van der Waals surface area contributed by atoms with E-state index >= 15 is 0 Å². The number of carbonyl (C=O) groups excluding carboxylic acids is 1. The monoisotopic (exact) mass is 476 g/mol. The summed E-state index contributed by atoms with van der Waals surface area (Å²) in [7, 11) is -3.85. The molecule has 9 heteroatoms. The highest BCUT2D eigenvalue weighted by Gasteiger charge is 2.19. The molecule has 0 saturated heterocycles. The summed E-state index contributed by atoms with van der Waals surface area (Å²) in [5.41, 5.74) is 1.21. The quantitative estimate of drug-likeness (QED) is 0.394. The van der Waals surface area contributed by atoms with Gasteiger partial charge < -0.3 is 19.9 Å². The van der Waals surface area contributed by atoms with Crippen LogP contribution in [-0.2, 0) is 10.0 Å². The normalized spacial score (nSPS) is 12.8. The van der Waals surface area contributed by atoms with E-state index in [2.05, 4.69) is 10.0 Å². The number of ether oxygens (including phenoxy) is 2. The molecule has 0 spiro atoms. The SMILES string of the molecule is O=C(Nc1ccc(NS(=O)(=O)c2ccc3c(c2)OCCO3)cc1)c1ccc2cccc(O)c2c1. The van der Waals surface area contributed by atoms with Gasteiger partial charge in [-0.1, -0.05) is 18.2 Å². The largest absolute Gasteiger partial charge is 0.507 e. The fourth-order valence-corrected chi connectivity index (χ4v) is 4.70. The minimum atomic E-state index is -3.85. The van der Waals surface area contributed by atoms with Crippen LogP contribution in [-0.4, -0.2) is 32.6 Å². The van der Waals surface area contributed by atoms with Crippen LogP contribution in [0.15, 0.2) is 83.8 Å². The maximum absolute atomic E-state index is 12.8. The first-order valence-corrected chi connectivity index (χ1v) is 11.9. The van der Waals surface area contributed by atoms with Gasteiger partial charge in [0, 0.05) is 28.4 Å². The first-order chi connectivity index (χ1) is 16.4. The first kappa shape index (κ1) is 21.6. The van der Waals surface area contributed by atoms with Gasteiger partial charge in [0.05, 0.1) is 4.90 Å². The maximum atomic E-state index is 12.8. The average Bonchev–Trinajstić information content (AvgIpc) is 2.85. The number of rotatable bonds is 5. The van der Waals surface area contributed by atoms with Gasteiger partial charge in [-0.2, -0.15) is 0 Å². The molecular formula is C25H20N2O6S. The van der Waals surface area contributed by atoms with Gasteiger partial charge in [0.2, 0.25) is 0 Å². The summed E-state index contributed by atoms with van der Waals surface area (Å²) in [4.78, 5) is 12.7. The second-order valence-electron chi connectivity index (χ2n) is 7.66. The number of hydrogen-bond donors (Lipinski definition) is 3. The number of amides is 1. The van der Waals surface area contributed by atoms with E-state index in [0.29, 0.717) is 47.0 Å². The molecule has 1 heterocycles. The van der Waals surface area contributed by atoms with E-state index < -0.39 is 10.0 Å². The van der Waals surface area contributed by atoms with Crippen molar-refractivity contribution < 1.29 is 27.8 Å². The van der Waals surface area contributed by atoms with E-state index in [4.69, 9.17) is 9.47 Å². The highest BCUT2D eigenvalue weighted by molar-refractivity contribution is 7.92. The van der Waals surface area contributed by atoms with Crippen LogP contribution < -0.4 is 19.5 Å². The highest BCUT2D eigenvalue weighted by atomic mass is 32.2. The van der Waals surface area contributed by atoms with Crippen LogP contribution in [0.25, 0.3) is 10.8 Å². The second kappa shape index (κ2) is 8.60. The molecule has 1 aliphatic rings. The van der Waals surface area contributed by atoms with Crippen molar-refractivity contribution in [2.75, 3.05) is 23.3 Å². The fraction of sp³-hybridized carbons (Fsp3) is 0.0800. The van der Waals surface area contributed by atoms with Crippen molar-refractivity contribution in [3.8, 4) is 17.2 Å². The Hall–Kier alpha value is -4.24. The Kier molecular flexibility index (Phi) is 5.46. The van der Waals surface area contributed by atoms with Gasteiger partial charge in [-0.15, -0.1) is 0 Å². The van der Waals surface area contributed by atoms with E-state index in [1.165, 1.54) is 12.1 Å². The number of carbonyl (C=O) groups is 1. The lowest BCUT2D eigenvalue weighted by Gasteiger charge is -2.19. The number of hydrogen-bond acceptors (Lipinski definition) is 6. The number of aromatic hydroxyl groups is 1. The zero-order chi connectivity index (χ0) is 23.7. The Morgan fingerprint density at radius 3 is 2.35 bits per heavy atom. The van der Waals surface area contributed by atoms with Gasteiger partial charge in [0.15, 0.2) is 11.5 Å². The van der Waals surface area contributed by atoms with Gasteiger partial charge in [0.25, 0.3) is 15.9 Å². The summed E-state index contributed by atoms with van der Waals surface area (Å²) < 4.78 is 38.9. The van der Waals surface area contributed by atoms with Crippen molar-refractivity contribution in [2.24, 2.45) is 0 Å². The lowest BCUT2D eigenvalue weighted by Crippen LogP contribution is -2.17. The molecule has 5 rings (SSSR count). The lowest BCUT2D eigenvalue weighted by atomic mass is 10.1. The Labute approximate surface area is 195 Å². The van der Waals surface area contributed by atoms with Gasteiger partial charge in [-0.05, 0) is 60.0 Å². The van der Waals surface area contributed by atoms with Crippen molar-refractivity contribution in [1.29, 1.82) is 0 Å². The first-order valence-electron chi connectivity index (χ1n) is 10.4. The van der Waals surface area contributed by atoms with E-state index in [-0.39, 0.29) is 16.6 Å². The molecule has 0 atom stereocenters. The fourth-order valence-electron chi connectivity index (χ4n) is 3.63. The van der Waals surface area contributed by atoms with Gasteiger partial charge in [0.1, 0.15) is 19.0 Å². The standard InChI is InChI=1S/C25H20N2O6S/c28-22-3-1-2-16-4-5-17(14-21(16)22)25(29)26-18-6-8-19(9-7-18)27-34(30,31)20-10-11-23-24(15-20)33-13-12-32-23/h1-11,14-15,27-28H,12-13H2,(H,26,29). The molecule has 1 aliphatic heterocycles. The number of phenols is 1. The molecule has 8 nitrogen and oxygen atoms in total. The third-order valence-corrected chi connectivity index (χ3v) is 6.72. The van der Waals surface area contributed by atoms with Crippen LogP contribution in [0.2, 0.25) is 0 Å². The highest BCUT2D eigenvalue weighted by Crippen LogP contribution is 2.33. The summed E-state index contributed by atoms with van der Waals surface area (Å²) in [5.74, 6) is 0.637. The lowest BCUT2D eigenvalue weighted by molar-refractivity contribution is 0.102. The molecule has 0 unspecified atom stereocenters. The molecular weight excluding hydrogens is 456 g/mol. The molecule has 4 aromatic rings. The molecule has 0 bridgehead atoms. The van der Waals surface area contributed by atoms with Crippen molar-refractivity contribution in [3.05, 3.63) is 84.4 Å².